The summed E-state index contributed by atoms with van der Waals surface area (Å²) in [6.45, 7) is 5.71. The van der Waals surface area contributed by atoms with Crippen molar-refractivity contribution < 1.29 is 4.39 Å². The van der Waals surface area contributed by atoms with Crippen molar-refractivity contribution in [2.75, 3.05) is 0 Å². The van der Waals surface area contributed by atoms with Gasteiger partial charge in [0.2, 0.25) is 0 Å². The van der Waals surface area contributed by atoms with Gasteiger partial charge in [0.05, 0.1) is 0 Å². The molecule has 1 heteroatoms. The molecule has 0 nitrogen and oxygen atoms in total. The maximum absolute atomic E-state index is 13.4. The topological polar surface area (TPSA) is 0 Å². The molecule has 0 unspecified atom stereocenters. The first-order valence-electron chi connectivity index (χ1n) is 3.98. The predicted octanol–water partition coefficient (Wildman–Crippen LogP) is 3.48. The minimum absolute atomic E-state index is 0.566. The minimum Gasteiger partial charge on any atom is -0.244 e. The van der Waals surface area contributed by atoms with Crippen LogP contribution in [0, 0.1) is 0 Å². The zero-order chi connectivity index (χ0) is 8.04. The van der Waals surface area contributed by atoms with E-state index >= 15 is 0 Å². The molecule has 0 bridgehead atoms. The van der Waals surface area contributed by atoms with Gasteiger partial charge in [-0.3, -0.25) is 0 Å². The Hall–Kier alpha value is -0.330. The van der Waals surface area contributed by atoms with Crippen molar-refractivity contribution in [3.8, 4) is 0 Å². The first-order valence-corrected chi connectivity index (χ1v) is 3.98. The highest BCUT2D eigenvalue weighted by molar-refractivity contribution is 4.88. The van der Waals surface area contributed by atoms with Crippen LogP contribution in [0.25, 0.3) is 0 Å². The molecule has 0 aliphatic carbocycles. The zero-order valence-electron chi connectivity index (χ0n) is 7.15. The fourth-order valence-corrected chi connectivity index (χ4v) is 0.868. The normalized spacial score (nSPS) is 12.8. The standard InChI is InChI=1S/C9H17F/c1-4-7-8-9(10,5-2)6-3/h4,7H,5-6,8H2,1-3H3. The molecule has 0 atom stereocenters. The van der Waals surface area contributed by atoms with Crippen molar-refractivity contribution in [3.63, 3.8) is 0 Å². The van der Waals surface area contributed by atoms with E-state index in [-0.39, 0.29) is 0 Å². The molecule has 0 N–H and O–H groups in total. The smallest absolute Gasteiger partial charge is 0.114 e. The lowest BCUT2D eigenvalue weighted by atomic mass is 9.95. The fraction of sp³-hybridized carbons (Fsp3) is 0.778. The number of halogens is 1. The Labute approximate surface area is 63.1 Å². The van der Waals surface area contributed by atoms with Gasteiger partial charge >= 0.3 is 0 Å². The van der Waals surface area contributed by atoms with E-state index in [0.717, 1.165) is 0 Å². The third-order valence-electron chi connectivity index (χ3n) is 1.99. The average molecular weight is 144 g/mol. The highest BCUT2D eigenvalue weighted by Gasteiger charge is 2.22. The molecule has 0 aromatic carbocycles. The third kappa shape index (κ3) is 3.00. The van der Waals surface area contributed by atoms with Crippen LogP contribution in [0.4, 0.5) is 4.39 Å². The van der Waals surface area contributed by atoms with Gasteiger partial charge in [-0.05, 0) is 26.2 Å². The first-order chi connectivity index (χ1) is 4.68. The molecule has 0 saturated carbocycles. The molecule has 0 amide bonds. The molecule has 0 aliphatic rings. The molecule has 10 heavy (non-hydrogen) atoms. The summed E-state index contributed by atoms with van der Waals surface area (Å²) in [6, 6.07) is 0. The molecule has 0 aliphatic heterocycles. The Kier molecular flexibility index (Phi) is 4.33. The monoisotopic (exact) mass is 144 g/mol. The van der Waals surface area contributed by atoms with E-state index in [1.807, 2.05) is 32.9 Å². The predicted molar refractivity (Wildman–Crippen MR) is 43.9 cm³/mol. The largest absolute Gasteiger partial charge is 0.244 e. The van der Waals surface area contributed by atoms with Crippen molar-refractivity contribution >= 4 is 0 Å². The van der Waals surface area contributed by atoms with Crippen LogP contribution >= 0.6 is 0 Å². The van der Waals surface area contributed by atoms with Crippen LogP contribution in [0.1, 0.15) is 40.0 Å². The summed E-state index contributed by atoms with van der Waals surface area (Å²) in [4.78, 5) is 0. The van der Waals surface area contributed by atoms with Crippen molar-refractivity contribution in [2.45, 2.75) is 45.7 Å². The molecular weight excluding hydrogens is 127 g/mol. The Morgan fingerprint density at radius 1 is 1.30 bits per heavy atom. The number of allylic oxidation sites excluding steroid dienone is 2. The van der Waals surface area contributed by atoms with Crippen LogP contribution in [0.2, 0.25) is 0 Å². The Bertz CT molecular complexity index is 101. The number of alkyl halides is 1. The Balaban J connectivity index is 3.80. The number of hydrogen-bond donors (Lipinski definition) is 0. The van der Waals surface area contributed by atoms with Gasteiger partial charge in [0.1, 0.15) is 5.67 Å². The molecule has 0 heterocycles. The van der Waals surface area contributed by atoms with Crippen molar-refractivity contribution in [1.29, 1.82) is 0 Å². The van der Waals surface area contributed by atoms with Crippen LogP contribution in [0.15, 0.2) is 12.2 Å². The van der Waals surface area contributed by atoms with E-state index in [1.165, 1.54) is 0 Å². The molecule has 0 radical (unpaired) electrons. The Morgan fingerprint density at radius 3 is 2.10 bits per heavy atom. The first kappa shape index (κ1) is 9.67. The summed E-state index contributed by atoms with van der Waals surface area (Å²) in [6.07, 6.45) is 5.60. The van der Waals surface area contributed by atoms with Crippen molar-refractivity contribution in [3.05, 3.63) is 12.2 Å². The molecule has 0 spiro atoms. The average Bonchev–Trinajstić information content (AvgIpc) is 2.00. The van der Waals surface area contributed by atoms with E-state index in [1.54, 1.807) is 0 Å². The second-order valence-corrected chi connectivity index (χ2v) is 2.63. The maximum Gasteiger partial charge on any atom is 0.114 e. The molecule has 0 aromatic rings. The van der Waals surface area contributed by atoms with Crippen molar-refractivity contribution in [1.82, 2.24) is 0 Å². The summed E-state index contributed by atoms with van der Waals surface area (Å²) < 4.78 is 13.4. The van der Waals surface area contributed by atoms with Gasteiger partial charge in [0.25, 0.3) is 0 Å². The second-order valence-electron chi connectivity index (χ2n) is 2.63. The summed E-state index contributed by atoms with van der Waals surface area (Å²) in [7, 11) is 0. The van der Waals surface area contributed by atoms with E-state index in [0.29, 0.717) is 19.3 Å². The summed E-state index contributed by atoms with van der Waals surface area (Å²) in [5, 5.41) is 0. The number of hydrogen-bond acceptors (Lipinski definition) is 0. The van der Waals surface area contributed by atoms with Crippen LogP contribution < -0.4 is 0 Å². The Morgan fingerprint density at radius 2 is 1.80 bits per heavy atom. The van der Waals surface area contributed by atoms with Gasteiger partial charge in [0.15, 0.2) is 0 Å². The summed E-state index contributed by atoms with van der Waals surface area (Å²) in [5.41, 5.74) is -0.952. The van der Waals surface area contributed by atoms with Crippen molar-refractivity contribution in [2.24, 2.45) is 0 Å². The summed E-state index contributed by atoms with van der Waals surface area (Å²) >= 11 is 0. The molecular formula is C9H17F. The van der Waals surface area contributed by atoms with Gasteiger partial charge < -0.3 is 0 Å². The quantitative estimate of drug-likeness (QED) is 0.530. The van der Waals surface area contributed by atoms with Crippen LogP contribution in [-0.4, -0.2) is 5.67 Å². The highest BCUT2D eigenvalue weighted by atomic mass is 19.1. The molecule has 60 valence electrons. The summed E-state index contributed by atoms with van der Waals surface area (Å²) in [5.74, 6) is 0. The molecule has 0 fully saturated rings. The second kappa shape index (κ2) is 4.48. The lowest BCUT2D eigenvalue weighted by Gasteiger charge is -2.19. The van der Waals surface area contributed by atoms with E-state index in [9.17, 15) is 4.39 Å². The fourth-order valence-electron chi connectivity index (χ4n) is 0.868. The van der Waals surface area contributed by atoms with Crippen LogP contribution in [0.5, 0.6) is 0 Å². The van der Waals surface area contributed by atoms with Crippen LogP contribution in [0.3, 0.4) is 0 Å². The lowest BCUT2D eigenvalue weighted by Crippen LogP contribution is -2.18. The van der Waals surface area contributed by atoms with E-state index < -0.39 is 5.67 Å². The zero-order valence-corrected chi connectivity index (χ0v) is 7.15. The van der Waals surface area contributed by atoms with Gasteiger partial charge in [0, 0.05) is 0 Å². The lowest BCUT2D eigenvalue weighted by molar-refractivity contribution is 0.154. The third-order valence-corrected chi connectivity index (χ3v) is 1.99. The van der Waals surface area contributed by atoms with Crippen LogP contribution in [-0.2, 0) is 0 Å². The highest BCUT2D eigenvalue weighted by Crippen LogP contribution is 2.24. The van der Waals surface area contributed by atoms with Gasteiger partial charge in [-0.15, -0.1) is 0 Å². The SMILES string of the molecule is CC=CCC(F)(CC)CC. The van der Waals surface area contributed by atoms with Gasteiger partial charge in [-0.2, -0.15) is 0 Å². The van der Waals surface area contributed by atoms with Gasteiger partial charge in [-0.25, -0.2) is 4.39 Å². The van der Waals surface area contributed by atoms with E-state index in [2.05, 4.69) is 0 Å². The van der Waals surface area contributed by atoms with Gasteiger partial charge in [-0.1, -0.05) is 26.0 Å². The minimum atomic E-state index is -0.952. The molecule has 0 saturated heterocycles. The maximum atomic E-state index is 13.4. The van der Waals surface area contributed by atoms with E-state index in [4.69, 9.17) is 0 Å². The number of rotatable bonds is 4. The molecule has 0 rings (SSSR count). The molecule has 0 aromatic heterocycles.